The van der Waals surface area contributed by atoms with Crippen molar-refractivity contribution in [1.82, 2.24) is 16.0 Å². The zero-order valence-electron chi connectivity index (χ0n) is 20.9. The molecule has 37 heavy (non-hydrogen) atoms. The van der Waals surface area contributed by atoms with Crippen LogP contribution in [0.15, 0.2) is 4.99 Å². The highest BCUT2D eigenvalue weighted by Crippen LogP contribution is 2.06. The van der Waals surface area contributed by atoms with E-state index in [2.05, 4.69) is 20.9 Å². The number of nitrogens with zero attached hydrogens (tertiary/aromatic N) is 1. The summed E-state index contributed by atoms with van der Waals surface area (Å²) in [6, 6.07) is -5.24. The van der Waals surface area contributed by atoms with E-state index in [1.54, 1.807) is 0 Å². The maximum atomic E-state index is 12.9. The second kappa shape index (κ2) is 17.9. The minimum atomic E-state index is -1.51. The van der Waals surface area contributed by atoms with Gasteiger partial charge < -0.3 is 54.2 Å². The van der Waals surface area contributed by atoms with Crippen LogP contribution in [0.3, 0.4) is 0 Å². The molecular formula is C21H40N8O8. The Balaban J connectivity index is 5.41. The average Bonchev–Trinajstić information content (AvgIpc) is 2.81. The molecule has 212 valence electrons. The van der Waals surface area contributed by atoms with E-state index in [1.807, 2.05) is 0 Å². The fourth-order valence-corrected chi connectivity index (χ4v) is 3.13. The fourth-order valence-electron chi connectivity index (χ4n) is 3.13. The molecule has 0 spiro atoms. The normalized spacial score (nSPS) is 14.8. The molecule has 16 heteroatoms. The summed E-state index contributed by atoms with van der Waals surface area (Å²) in [5.41, 5.74) is 21.6. The van der Waals surface area contributed by atoms with E-state index in [-0.39, 0.29) is 44.6 Å². The molecule has 0 heterocycles. The predicted molar refractivity (Wildman–Crippen MR) is 133 cm³/mol. The van der Waals surface area contributed by atoms with Crippen LogP contribution in [-0.4, -0.2) is 94.3 Å². The molecule has 3 amide bonds. The Morgan fingerprint density at radius 2 is 1.43 bits per heavy atom. The summed E-state index contributed by atoms with van der Waals surface area (Å²) in [7, 11) is 0. The Bertz CT molecular complexity index is 803. The SMILES string of the molecule is CC(O)C(NC(=O)C(N)CCC(=O)O)C(=O)NC(CCCCN)C(=O)NC(CCCN=C(N)N)C(=O)O. The van der Waals surface area contributed by atoms with E-state index < -0.39 is 59.9 Å². The molecule has 0 aromatic heterocycles. The first kappa shape index (κ1) is 33.5. The van der Waals surface area contributed by atoms with Gasteiger partial charge in [-0.1, -0.05) is 0 Å². The molecule has 0 aliphatic carbocycles. The summed E-state index contributed by atoms with van der Waals surface area (Å²) in [5, 5.41) is 35.3. The van der Waals surface area contributed by atoms with E-state index in [9.17, 15) is 34.2 Å². The van der Waals surface area contributed by atoms with Crippen LogP contribution < -0.4 is 38.9 Å². The lowest BCUT2D eigenvalue weighted by Gasteiger charge is -2.26. The van der Waals surface area contributed by atoms with Crippen LogP contribution >= 0.6 is 0 Å². The molecule has 5 unspecified atom stereocenters. The molecule has 0 aliphatic rings. The minimum absolute atomic E-state index is 0.0158. The molecule has 0 fully saturated rings. The maximum absolute atomic E-state index is 12.9. The van der Waals surface area contributed by atoms with Crippen LogP contribution in [0.1, 0.15) is 51.9 Å². The number of hydrogen-bond acceptors (Lipinski definition) is 9. The number of guanidine groups is 1. The Labute approximate surface area is 214 Å². The number of rotatable bonds is 19. The standard InChI is InChI=1S/C21H40N8O8/c1-11(30)16(29-17(33)12(23)7-8-15(31)32)19(35)27-13(5-2-3-9-22)18(34)28-14(20(36)37)6-4-10-26-21(24)25/h11-14,16,30H,2-10,22-23H2,1H3,(H,27,35)(H,28,34)(H,29,33)(H,31,32)(H,36,37)(H4,24,25,26). The smallest absolute Gasteiger partial charge is 0.326 e. The van der Waals surface area contributed by atoms with Gasteiger partial charge in [0, 0.05) is 13.0 Å². The molecule has 0 aromatic rings. The Morgan fingerprint density at radius 3 is 1.95 bits per heavy atom. The van der Waals surface area contributed by atoms with Crippen LogP contribution in [0.5, 0.6) is 0 Å². The van der Waals surface area contributed by atoms with Gasteiger partial charge in [-0.2, -0.15) is 0 Å². The number of carbonyl (C=O) groups excluding carboxylic acids is 3. The lowest BCUT2D eigenvalue weighted by molar-refractivity contribution is -0.142. The van der Waals surface area contributed by atoms with Crippen molar-refractivity contribution in [2.45, 2.75) is 82.1 Å². The molecule has 0 rings (SSSR count). The van der Waals surface area contributed by atoms with Crippen LogP contribution in [0.2, 0.25) is 0 Å². The third-order valence-electron chi connectivity index (χ3n) is 5.21. The first-order valence-corrected chi connectivity index (χ1v) is 11.8. The van der Waals surface area contributed by atoms with Gasteiger partial charge in [0.25, 0.3) is 0 Å². The second-order valence-electron chi connectivity index (χ2n) is 8.46. The Hall–Kier alpha value is -3.50. The number of hydrogen-bond donors (Lipinski definition) is 10. The molecular weight excluding hydrogens is 492 g/mol. The number of carbonyl (C=O) groups is 5. The minimum Gasteiger partial charge on any atom is -0.481 e. The van der Waals surface area contributed by atoms with Crippen molar-refractivity contribution in [3.63, 3.8) is 0 Å². The summed E-state index contributed by atoms with van der Waals surface area (Å²) in [5.74, 6) is -5.17. The largest absolute Gasteiger partial charge is 0.481 e. The third kappa shape index (κ3) is 14.6. The van der Waals surface area contributed by atoms with Crippen molar-refractivity contribution < 1.29 is 39.3 Å². The zero-order valence-corrected chi connectivity index (χ0v) is 20.9. The summed E-state index contributed by atoms with van der Waals surface area (Å²) < 4.78 is 0. The van der Waals surface area contributed by atoms with Gasteiger partial charge in [0.2, 0.25) is 17.7 Å². The molecule has 0 bridgehead atoms. The van der Waals surface area contributed by atoms with E-state index in [4.69, 9.17) is 28.0 Å². The van der Waals surface area contributed by atoms with Crippen molar-refractivity contribution in [3.8, 4) is 0 Å². The van der Waals surface area contributed by atoms with Crippen LogP contribution in [0, 0.1) is 0 Å². The fraction of sp³-hybridized carbons (Fsp3) is 0.714. The molecule has 16 nitrogen and oxygen atoms in total. The first-order chi connectivity index (χ1) is 17.3. The van der Waals surface area contributed by atoms with E-state index in [1.165, 1.54) is 6.92 Å². The van der Waals surface area contributed by atoms with Gasteiger partial charge in [-0.25, -0.2) is 4.79 Å². The van der Waals surface area contributed by atoms with E-state index in [0.717, 1.165) is 0 Å². The van der Waals surface area contributed by atoms with Crippen molar-refractivity contribution in [2.75, 3.05) is 13.1 Å². The lowest BCUT2D eigenvalue weighted by Crippen LogP contribution is -2.59. The highest BCUT2D eigenvalue weighted by molar-refractivity contribution is 5.94. The van der Waals surface area contributed by atoms with Gasteiger partial charge in [-0.05, 0) is 52.0 Å². The number of carboxylic acids is 2. The number of carboxylic acid groups (broad SMARTS) is 2. The van der Waals surface area contributed by atoms with Gasteiger partial charge in [0.05, 0.1) is 12.1 Å². The van der Waals surface area contributed by atoms with E-state index in [0.29, 0.717) is 19.4 Å². The van der Waals surface area contributed by atoms with Crippen molar-refractivity contribution >= 4 is 35.6 Å². The quantitative estimate of drug-likeness (QED) is 0.0436. The maximum Gasteiger partial charge on any atom is 0.326 e. The number of amides is 3. The van der Waals surface area contributed by atoms with Gasteiger partial charge in [-0.3, -0.25) is 24.2 Å². The molecule has 0 aromatic carbocycles. The van der Waals surface area contributed by atoms with Crippen LogP contribution in [0.25, 0.3) is 0 Å². The van der Waals surface area contributed by atoms with Crippen LogP contribution in [0.4, 0.5) is 0 Å². The third-order valence-corrected chi connectivity index (χ3v) is 5.21. The highest BCUT2D eigenvalue weighted by Gasteiger charge is 2.32. The Morgan fingerprint density at radius 1 is 0.838 bits per heavy atom. The lowest BCUT2D eigenvalue weighted by atomic mass is 10.0. The number of aliphatic hydroxyl groups is 1. The predicted octanol–water partition coefficient (Wildman–Crippen LogP) is -3.72. The molecule has 0 saturated carbocycles. The zero-order chi connectivity index (χ0) is 28.5. The number of nitrogens with two attached hydrogens (primary N) is 4. The Kier molecular flexibility index (Phi) is 16.2. The summed E-state index contributed by atoms with van der Waals surface area (Å²) >= 11 is 0. The molecule has 0 saturated heterocycles. The molecule has 0 radical (unpaired) electrons. The van der Waals surface area contributed by atoms with Crippen LogP contribution in [-0.2, 0) is 24.0 Å². The second-order valence-corrected chi connectivity index (χ2v) is 8.46. The molecule has 5 atom stereocenters. The average molecular weight is 533 g/mol. The number of aliphatic imine (C=N–C) groups is 1. The summed E-state index contributed by atoms with van der Waals surface area (Å²) in [6.07, 6.45) is -0.643. The number of unbranched alkanes of at least 4 members (excludes halogenated alkanes) is 1. The molecule has 0 aliphatic heterocycles. The van der Waals surface area contributed by atoms with E-state index >= 15 is 0 Å². The topological polar surface area (TPSA) is 299 Å². The highest BCUT2D eigenvalue weighted by atomic mass is 16.4. The van der Waals surface area contributed by atoms with Gasteiger partial charge in [-0.15, -0.1) is 0 Å². The van der Waals surface area contributed by atoms with Gasteiger partial charge in [0.15, 0.2) is 5.96 Å². The summed E-state index contributed by atoms with van der Waals surface area (Å²) in [4.78, 5) is 64.1. The monoisotopic (exact) mass is 532 g/mol. The number of aliphatic hydroxyl groups excluding tert-OH is 1. The van der Waals surface area contributed by atoms with Crippen molar-refractivity contribution in [1.29, 1.82) is 0 Å². The summed E-state index contributed by atoms with van der Waals surface area (Å²) in [6.45, 7) is 1.71. The van der Waals surface area contributed by atoms with Gasteiger partial charge in [0.1, 0.15) is 18.1 Å². The number of nitrogens with one attached hydrogen (secondary N) is 3. The molecule has 14 N–H and O–H groups in total. The van der Waals surface area contributed by atoms with Crippen molar-refractivity contribution in [2.24, 2.45) is 27.9 Å². The van der Waals surface area contributed by atoms with Crippen molar-refractivity contribution in [3.05, 3.63) is 0 Å². The van der Waals surface area contributed by atoms with Gasteiger partial charge >= 0.3 is 11.9 Å². The first-order valence-electron chi connectivity index (χ1n) is 11.8. The number of aliphatic carboxylic acids is 2.